The van der Waals surface area contributed by atoms with Crippen LogP contribution < -0.4 is 10.8 Å². The van der Waals surface area contributed by atoms with E-state index in [1.54, 1.807) is 40.1 Å². The normalized spacial score (nSPS) is 19.7. The molecular weight excluding hydrogens is 496 g/mol. The maximum absolute atomic E-state index is 13.9. The second-order valence-electron chi connectivity index (χ2n) is 9.90. The number of urea groups is 1. The summed E-state index contributed by atoms with van der Waals surface area (Å²) in [6.45, 7) is 0.569. The van der Waals surface area contributed by atoms with Crippen molar-refractivity contribution in [3.8, 4) is 0 Å². The van der Waals surface area contributed by atoms with Crippen molar-refractivity contribution in [3.63, 3.8) is 0 Å². The largest absolute Gasteiger partial charge is 0.334 e. The fourth-order valence-corrected chi connectivity index (χ4v) is 5.26. The number of fused-ring (bicyclic) bond motifs is 1. The van der Waals surface area contributed by atoms with Crippen LogP contribution in [0, 0.1) is 5.82 Å². The van der Waals surface area contributed by atoms with Crippen molar-refractivity contribution < 1.29 is 18.8 Å². The Morgan fingerprint density at radius 2 is 1.69 bits per heavy atom. The zero-order valence-corrected chi connectivity index (χ0v) is 21.7. The SMILES string of the molecule is [B]c1cccc(CN2C[C@H]3N(C(=O)CN(C)N3C(=O)NCc3ccc(F)cc3)[C@@H](Cc3ccccc3)C2=O)c1. The highest BCUT2D eigenvalue weighted by atomic mass is 19.1. The third-order valence-corrected chi connectivity index (χ3v) is 7.10. The molecule has 0 bridgehead atoms. The lowest BCUT2D eigenvalue weighted by Crippen LogP contribution is -2.76. The summed E-state index contributed by atoms with van der Waals surface area (Å²) in [6, 6.07) is 21.6. The van der Waals surface area contributed by atoms with Gasteiger partial charge in [0, 0.05) is 26.6 Å². The van der Waals surface area contributed by atoms with E-state index >= 15 is 0 Å². The molecule has 2 heterocycles. The zero-order chi connectivity index (χ0) is 27.5. The maximum atomic E-state index is 13.9. The summed E-state index contributed by atoms with van der Waals surface area (Å²) in [4.78, 5) is 44.0. The lowest BCUT2D eigenvalue weighted by Gasteiger charge is -2.54. The molecule has 4 amide bonds. The minimum Gasteiger partial charge on any atom is -0.333 e. The van der Waals surface area contributed by atoms with E-state index in [-0.39, 0.29) is 37.3 Å². The molecular formula is C29H29BFN5O3. The number of hydrogen-bond donors (Lipinski definition) is 1. The van der Waals surface area contributed by atoms with Crippen molar-refractivity contribution in [2.45, 2.75) is 31.7 Å². The van der Waals surface area contributed by atoms with Crippen LogP contribution in [0.15, 0.2) is 78.9 Å². The molecule has 0 spiro atoms. The zero-order valence-electron chi connectivity index (χ0n) is 21.7. The van der Waals surface area contributed by atoms with Gasteiger partial charge >= 0.3 is 6.03 Å². The Bertz CT molecular complexity index is 1360. The molecule has 0 aliphatic carbocycles. The van der Waals surface area contributed by atoms with Gasteiger partial charge in [-0.15, -0.1) is 0 Å². The Morgan fingerprint density at radius 3 is 2.41 bits per heavy atom. The summed E-state index contributed by atoms with van der Waals surface area (Å²) in [7, 11) is 7.65. The molecule has 1 N–H and O–H groups in total. The van der Waals surface area contributed by atoms with E-state index < -0.39 is 18.2 Å². The van der Waals surface area contributed by atoms with Gasteiger partial charge in [0.1, 0.15) is 25.9 Å². The minimum atomic E-state index is -0.777. The van der Waals surface area contributed by atoms with E-state index in [1.807, 2.05) is 48.5 Å². The topological polar surface area (TPSA) is 76.2 Å². The van der Waals surface area contributed by atoms with Gasteiger partial charge in [-0.2, -0.15) is 0 Å². The predicted octanol–water partition coefficient (Wildman–Crippen LogP) is 1.80. The van der Waals surface area contributed by atoms with Crippen molar-refractivity contribution in [1.82, 2.24) is 25.1 Å². The molecule has 0 saturated carbocycles. The third kappa shape index (κ3) is 5.80. The van der Waals surface area contributed by atoms with E-state index in [2.05, 4.69) is 5.32 Å². The van der Waals surface area contributed by atoms with Gasteiger partial charge in [0.15, 0.2) is 0 Å². The molecule has 3 aromatic carbocycles. The molecule has 2 aliphatic rings. The number of nitrogens with zero attached hydrogens (tertiary/aromatic N) is 4. The summed E-state index contributed by atoms with van der Waals surface area (Å²) >= 11 is 0. The number of hydrazine groups is 1. The van der Waals surface area contributed by atoms with Crippen molar-refractivity contribution in [3.05, 3.63) is 101 Å². The van der Waals surface area contributed by atoms with Gasteiger partial charge in [-0.1, -0.05) is 72.2 Å². The highest BCUT2D eigenvalue weighted by Gasteiger charge is 2.50. The fourth-order valence-electron chi connectivity index (χ4n) is 5.26. The van der Waals surface area contributed by atoms with Gasteiger partial charge in [-0.25, -0.2) is 19.2 Å². The molecule has 2 fully saturated rings. The average molecular weight is 525 g/mol. The van der Waals surface area contributed by atoms with Crippen molar-refractivity contribution >= 4 is 31.2 Å². The molecule has 2 saturated heterocycles. The number of halogens is 1. The molecule has 3 aromatic rings. The van der Waals surface area contributed by atoms with Crippen LogP contribution in [0.25, 0.3) is 0 Å². The number of carbonyl (C=O) groups is 3. The first kappa shape index (κ1) is 26.4. The van der Waals surface area contributed by atoms with E-state index in [9.17, 15) is 18.8 Å². The second kappa shape index (κ2) is 11.3. The molecule has 2 aliphatic heterocycles. The second-order valence-corrected chi connectivity index (χ2v) is 9.90. The number of piperazine rings is 1. The molecule has 0 aromatic heterocycles. The van der Waals surface area contributed by atoms with Gasteiger partial charge in [0.25, 0.3) is 0 Å². The van der Waals surface area contributed by atoms with Gasteiger partial charge in [-0.05, 0) is 28.8 Å². The summed E-state index contributed by atoms with van der Waals surface area (Å²) in [6.07, 6.45) is -0.388. The van der Waals surface area contributed by atoms with E-state index in [4.69, 9.17) is 7.85 Å². The molecule has 0 unspecified atom stereocenters. The molecule has 5 rings (SSSR count). The number of hydrogen-bond acceptors (Lipinski definition) is 4. The number of rotatable bonds is 6. The Hall–Kier alpha value is -4.18. The predicted molar refractivity (Wildman–Crippen MR) is 145 cm³/mol. The summed E-state index contributed by atoms with van der Waals surface area (Å²) in [5.41, 5.74) is 3.10. The molecule has 198 valence electrons. The van der Waals surface area contributed by atoms with Gasteiger partial charge < -0.3 is 15.1 Å². The van der Waals surface area contributed by atoms with Crippen molar-refractivity contribution in [1.29, 1.82) is 0 Å². The number of benzene rings is 3. The Labute approximate surface area is 228 Å². The van der Waals surface area contributed by atoms with Crippen LogP contribution >= 0.6 is 0 Å². The van der Waals surface area contributed by atoms with Crippen molar-refractivity contribution in [2.24, 2.45) is 0 Å². The lowest BCUT2D eigenvalue weighted by atomic mass is 9.94. The van der Waals surface area contributed by atoms with Crippen LogP contribution in [-0.2, 0) is 29.1 Å². The molecule has 10 heteroatoms. The molecule has 8 nitrogen and oxygen atoms in total. The molecule has 2 atom stereocenters. The van der Waals surface area contributed by atoms with E-state index in [1.165, 1.54) is 17.1 Å². The first-order valence-corrected chi connectivity index (χ1v) is 12.8. The highest BCUT2D eigenvalue weighted by molar-refractivity contribution is 6.32. The Kier molecular flexibility index (Phi) is 7.65. The van der Waals surface area contributed by atoms with E-state index in [0.29, 0.717) is 18.4 Å². The minimum absolute atomic E-state index is 0.0474. The standard InChI is InChI=1S/C29H29BFN5O3/c1-33-19-27(37)35-25(15-20-6-3-2-4-7-20)28(38)34(17-22-8-5-9-23(30)14-22)18-26(35)36(33)29(39)32-16-21-10-12-24(31)13-11-21/h2-14,25-26H,15-19H2,1H3,(H,32,39)/t25-,26-/m0/s1. The Balaban J connectivity index is 1.44. The number of likely N-dealkylation sites (N-methyl/N-ethyl adjacent to an activating group) is 1. The first-order valence-electron chi connectivity index (χ1n) is 12.8. The lowest BCUT2D eigenvalue weighted by molar-refractivity contribution is -0.187. The van der Waals surface area contributed by atoms with Crippen LogP contribution in [0.2, 0.25) is 0 Å². The highest BCUT2D eigenvalue weighted by Crippen LogP contribution is 2.28. The monoisotopic (exact) mass is 525 g/mol. The quantitative estimate of drug-likeness (QED) is 0.499. The summed E-state index contributed by atoms with van der Waals surface area (Å²) in [5.74, 6) is -0.753. The van der Waals surface area contributed by atoms with Gasteiger partial charge in [0.05, 0.1) is 13.1 Å². The van der Waals surface area contributed by atoms with Crippen LogP contribution in [0.3, 0.4) is 0 Å². The Morgan fingerprint density at radius 1 is 0.974 bits per heavy atom. The van der Waals surface area contributed by atoms with Gasteiger partial charge in [0.2, 0.25) is 11.8 Å². The van der Waals surface area contributed by atoms with Crippen LogP contribution in [0.1, 0.15) is 16.7 Å². The van der Waals surface area contributed by atoms with Crippen LogP contribution in [-0.4, -0.2) is 77.9 Å². The molecule has 39 heavy (non-hydrogen) atoms. The maximum Gasteiger partial charge on any atom is 0.334 e. The summed E-state index contributed by atoms with van der Waals surface area (Å²) in [5, 5.41) is 5.96. The van der Waals surface area contributed by atoms with Gasteiger partial charge in [-0.3, -0.25) is 9.59 Å². The fraction of sp³-hybridized carbons (Fsp3) is 0.276. The third-order valence-electron chi connectivity index (χ3n) is 7.10. The average Bonchev–Trinajstić information content (AvgIpc) is 2.91. The number of carbonyl (C=O) groups excluding carboxylic acids is 3. The number of nitrogens with one attached hydrogen (secondary N) is 1. The van der Waals surface area contributed by atoms with Crippen LogP contribution in [0.4, 0.5) is 9.18 Å². The summed E-state index contributed by atoms with van der Waals surface area (Å²) < 4.78 is 13.3. The number of amides is 4. The van der Waals surface area contributed by atoms with E-state index in [0.717, 1.165) is 16.7 Å². The van der Waals surface area contributed by atoms with Crippen LogP contribution in [0.5, 0.6) is 0 Å². The smallest absolute Gasteiger partial charge is 0.333 e. The first-order chi connectivity index (χ1) is 18.8. The molecule has 2 radical (unpaired) electrons. The van der Waals surface area contributed by atoms with Crippen molar-refractivity contribution in [2.75, 3.05) is 20.1 Å².